The molecule has 0 radical (unpaired) electrons. The molecule has 0 fully saturated rings. The molecule has 0 bridgehead atoms. The Morgan fingerprint density at radius 2 is 2.00 bits per heavy atom. The van der Waals surface area contributed by atoms with Crippen LogP contribution in [0.4, 0.5) is 0 Å². The monoisotopic (exact) mass is 294 g/mol. The zero-order valence-electron chi connectivity index (χ0n) is 14.1. The number of aryl methyl sites for hydroxylation is 1. The van der Waals surface area contributed by atoms with E-state index in [0.29, 0.717) is 12.6 Å². The number of ether oxygens (including phenoxy) is 2. The molecule has 0 saturated carbocycles. The average molecular weight is 294 g/mol. The second kappa shape index (κ2) is 9.03. The van der Waals surface area contributed by atoms with Gasteiger partial charge in [0, 0.05) is 32.3 Å². The van der Waals surface area contributed by atoms with Gasteiger partial charge in [-0.25, -0.2) is 0 Å². The first-order valence-electron chi connectivity index (χ1n) is 7.68. The van der Waals surface area contributed by atoms with Crippen LogP contribution >= 0.6 is 0 Å². The van der Waals surface area contributed by atoms with E-state index in [-0.39, 0.29) is 6.04 Å². The molecule has 0 aliphatic carbocycles. The van der Waals surface area contributed by atoms with Crippen LogP contribution in [0.1, 0.15) is 37.4 Å². The molecule has 0 aromatic heterocycles. The summed E-state index contributed by atoms with van der Waals surface area (Å²) >= 11 is 0. The lowest BCUT2D eigenvalue weighted by molar-refractivity contribution is 0.0902. The van der Waals surface area contributed by atoms with Crippen LogP contribution in [-0.2, 0) is 4.74 Å². The van der Waals surface area contributed by atoms with Gasteiger partial charge in [0.2, 0.25) is 0 Å². The molecule has 2 unspecified atom stereocenters. The first-order valence-corrected chi connectivity index (χ1v) is 7.68. The van der Waals surface area contributed by atoms with Crippen molar-refractivity contribution in [2.24, 2.45) is 5.73 Å². The summed E-state index contributed by atoms with van der Waals surface area (Å²) in [5, 5.41) is 0. The molecule has 0 heterocycles. The molecule has 1 rings (SSSR count). The minimum atomic E-state index is 0.208. The van der Waals surface area contributed by atoms with Gasteiger partial charge in [0.1, 0.15) is 5.75 Å². The van der Waals surface area contributed by atoms with Gasteiger partial charge in [-0.15, -0.1) is 0 Å². The van der Waals surface area contributed by atoms with Crippen LogP contribution in [0.15, 0.2) is 18.2 Å². The molecule has 0 aliphatic heterocycles. The second-order valence-corrected chi connectivity index (χ2v) is 5.47. The van der Waals surface area contributed by atoms with Crippen LogP contribution < -0.4 is 10.5 Å². The largest absolute Gasteiger partial charge is 0.496 e. The smallest absolute Gasteiger partial charge is 0.121 e. The number of nitrogens with two attached hydrogens (primary N) is 1. The van der Waals surface area contributed by atoms with Crippen molar-refractivity contribution in [3.63, 3.8) is 0 Å². The number of hydrogen-bond acceptors (Lipinski definition) is 4. The third kappa shape index (κ3) is 4.70. The molecule has 120 valence electrons. The fraction of sp³-hybridized carbons (Fsp3) is 0.647. The maximum absolute atomic E-state index is 6.08. The highest BCUT2D eigenvalue weighted by Crippen LogP contribution is 2.27. The van der Waals surface area contributed by atoms with Gasteiger partial charge in [-0.2, -0.15) is 0 Å². The normalized spacial score (nSPS) is 14.2. The summed E-state index contributed by atoms with van der Waals surface area (Å²) in [6.07, 6.45) is 1.09. The molecule has 1 aromatic rings. The third-order valence-electron chi connectivity index (χ3n) is 4.14. The van der Waals surface area contributed by atoms with Gasteiger partial charge in [-0.1, -0.05) is 19.1 Å². The SMILES string of the molecule is CCC(C)N(CCOC)C(CN)c1ccc(OC)c(C)c1. The van der Waals surface area contributed by atoms with Crippen LogP contribution in [0.5, 0.6) is 5.75 Å². The maximum atomic E-state index is 6.08. The lowest BCUT2D eigenvalue weighted by Gasteiger charge is -2.36. The number of benzene rings is 1. The van der Waals surface area contributed by atoms with E-state index < -0.39 is 0 Å². The molecular formula is C17H30N2O2. The number of hydrogen-bond donors (Lipinski definition) is 1. The summed E-state index contributed by atoms with van der Waals surface area (Å²) in [6, 6.07) is 7.00. The first-order chi connectivity index (χ1) is 10.1. The van der Waals surface area contributed by atoms with Crippen molar-refractivity contribution in [3.8, 4) is 5.75 Å². The van der Waals surface area contributed by atoms with Gasteiger partial charge in [-0.3, -0.25) is 4.90 Å². The fourth-order valence-corrected chi connectivity index (χ4v) is 2.69. The van der Waals surface area contributed by atoms with Crippen molar-refractivity contribution in [2.45, 2.75) is 39.3 Å². The van der Waals surface area contributed by atoms with Crippen LogP contribution in [-0.4, -0.2) is 44.9 Å². The molecule has 21 heavy (non-hydrogen) atoms. The topological polar surface area (TPSA) is 47.7 Å². The van der Waals surface area contributed by atoms with E-state index in [9.17, 15) is 0 Å². The van der Waals surface area contributed by atoms with Gasteiger partial charge in [0.25, 0.3) is 0 Å². The van der Waals surface area contributed by atoms with Gasteiger partial charge >= 0.3 is 0 Å². The molecule has 2 N–H and O–H groups in total. The molecule has 0 spiro atoms. The van der Waals surface area contributed by atoms with E-state index in [0.717, 1.165) is 30.9 Å². The van der Waals surface area contributed by atoms with Crippen molar-refractivity contribution in [3.05, 3.63) is 29.3 Å². The van der Waals surface area contributed by atoms with Crippen LogP contribution in [0.2, 0.25) is 0 Å². The lowest BCUT2D eigenvalue weighted by atomic mass is 10.00. The van der Waals surface area contributed by atoms with Gasteiger partial charge in [0.05, 0.1) is 13.7 Å². The predicted molar refractivity (Wildman–Crippen MR) is 87.9 cm³/mol. The molecule has 1 aromatic carbocycles. The number of rotatable bonds is 9. The van der Waals surface area contributed by atoms with Crippen molar-refractivity contribution >= 4 is 0 Å². The van der Waals surface area contributed by atoms with Crippen molar-refractivity contribution < 1.29 is 9.47 Å². The van der Waals surface area contributed by atoms with Crippen LogP contribution in [0.25, 0.3) is 0 Å². The fourth-order valence-electron chi connectivity index (χ4n) is 2.69. The average Bonchev–Trinajstić information content (AvgIpc) is 2.50. The Kier molecular flexibility index (Phi) is 7.72. The Balaban J connectivity index is 3.03. The molecule has 2 atom stereocenters. The Morgan fingerprint density at radius 1 is 1.29 bits per heavy atom. The summed E-state index contributed by atoms with van der Waals surface area (Å²) in [6.45, 7) is 8.72. The maximum Gasteiger partial charge on any atom is 0.121 e. The summed E-state index contributed by atoms with van der Waals surface area (Å²) in [7, 11) is 3.44. The summed E-state index contributed by atoms with van der Waals surface area (Å²) in [4.78, 5) is 2.44. The second-order valence-electron chi connectivity index (χ2n) is 5.47. The van der Waals surface area contributed by atoms with E-state index in [2.05, 4.69) is 37.8 Å². The molecule has 4 nitrogen and oxygen atoms in total. The lowest BCUT2D eigenvalue weighted by Crippen LogP contribution is -2.41. The van der Waals surface area contributed by atoms with E-state index in [1.54, 1.807) is 14.2 Å². The summed E-state index contributed by atoms with van der Waals surface area (Å²) in [5.74, 6) is 0.918. The molecule has 0 amide bonds. The molecule has 0 saturated heterocycles. The molecule has 4 heteroatoms. The van der Waals surface area contributed by atoms with Crippen LogP contribution in [0.3, 0.4) is 0 Å². The molecule has 0 aliphatic rings. The Bertz CT molecular complexity index is 423. The zero-order valence-corrected chi connectivity index (χ0v) is 14.1. The predicted octanol–water partition coefficient (Wildman–Crippen LogP) is 2.75. The Labute approximate surface area is 129 Å². The molecular weight excluding hydrogens is 264 g/mol. The summed E-state index contributed by atoms with van der Waals surface area (Å²) < 4.78 is 10.6. The van der Waals surface area contributed by atoms with Crippen molar-refractivity contribution in [2.75, 3.05) is 33.9 Å². The van der Waals surface area contributed by atoms with E-state index in [1.165, 1.54) is 5.56 Å². The summed E-state index contributed by atoms with van der Waals surface area (Å²) in [5.41, 5.74) is 8.46. The number of methoxy groups -OCH3 is 2. The van der Waals surface area contributed by atoms with Crippen LogP contribution in [0, 0.1) is 6.92 Å². The van der Waals surface area contributed by atoms with Gasteiger partial charge in [-0.05, 0) is 37.5 Å². The highest BCUT2D eigenvalue weighted by Gasteiger charge is 2.23. The van der Waals surface area contributed by atoms with E-state index in [4.69, 9.17) is 15.2 Å². The van der Waals surface area contributed by atoms with Crippen molar-refractivity contribution in [1.29, 1.82) is 0 Å². The van der Waals surface area contributed by atoms with Gasteiger partial charge < -0.3 is 15.2 Å². The van der Waals surface area contributed by atoms with E-state index >= 15 is 0 Å². The first kappa shape index (κ1) is 18.0. The quantitative estimate of drug-likeness (QED) is 0.761. The Morgan fingerprint density at radius 3 is 2.48 bits per heavy atom. The highest BCUT2D eigenvalue weighted by atomic mass is 16.5. The number of nitrogens with zero attached hydrogens (tertiary/aromatic N) is 1. The highest BCUT2D eigenvalue weighted by molar-refractivity contribution is 5.37. The van der Waals surface area contributed by atoms with E-state index in [1.807, 2.05) is 6.07 Å². The zero-order chi connectivity index (χ0) is 15.8. The van der Waals surface area contributed by atoms with Crippen molar-refractivity contribution in [1.82, 2.24) is 4.90 Å². The third-order valence-corrected chi connectivity index (χ3v) is 4.14. The minimum absolute atomic E-state index is 0.208. The standard InChI is InChI=1S/C17H30N2O2/c1-6-14(3)19(9-10-20-4)16(12-18)15-7-8-17(21-5)13(2)11-15/h7-8,11,14,16H,6,9-10,12,18H2,1-5H3. The minimum Gasteiger partial charge on any atom is -0.496 e. The van der Waals surface area contributed by atoms with Gasteiger partial charge in [0.15, 0.2) is 0 Å². The Hall–Kier alpha value is -1.10.